The predicted octanol–water partition coefficient (Wildman–Crippen LogP) is 0.0960. The quantitative estimate of drug-likeness (QED) is 0.319. The second kappa shape index (κ2) is 4.42. The van der Waals surface area contributed by atoms with Crippen molar-refractivity contribution in [1.29, 1.82) is 0 Å². The van der Waals surface area contributed by atoms with E-state index in [4.69, 9.17) is 0 Å². The molecule has 0 unspecified atom stereocenters. The molecular weight excluding hydrogens is 140 g/mol. The molecule has 6 nitrogen and oxygen atoms in total. The normalized spacial score (nSPS) is 10.0. The Kier molecular flexibility index (Phi) is 3.78. The van der Waals surface area contributed by atoms with Crippen LogP contribution >= 0.6 is 0 Å². The molecule has 0 aromatic carbocycles. The molecule has 6 heteroatoms. The van der Waals surface area contributed by atoms with Gasteiger partial charge in [-0.2, -0.15) is 0 Å². The maximum atomic E-state index is 9.63. The van der Waals surface area contributed by atoms with E-state index in [-0.39, 0.29) is 13.1 Å². The first-order chi connectivity index (χ1) is 4.63. The fraction of sp³-hybridized carbons (Fsp3) is 0.500. The van der Waals surface area contributed by atoms with Gasteiger partial charge in [0, 0.05) is 9.85 Å². The van der Waals surface area contributed by atoms with Crippen molar-refractivity contribution >= 4 is 0 Å². The van der Waals surface area contributed by atoms with Gasteiger partial charge in [0.25, 0.3) is 0 Å². The Labute approximate surface area is 56.5 Å². The van der Waals surface area contributed by atoms with E-state index >= 15 is 0 Å². The second-order valence-electron chi connectivity index (χ2n) is 1.50. The van der Waals surface area contributed by atoms with E-state index in [0.717, 1.165) is 12.2 Å². The van der Waals surface area contributed by atoms with Gasteiger partial charge in [0.2, 0.25) is 13.1 Å². The Morgan fingerprint density at radius 3 is 1.50 bits per heavy atom. The fourth-order valence-electron chi connectivity index (χ4n) is 0.321. The molecule has 0 fully saturated rings. The van der Waals surface area contributed by atoms with Crippen molar-refractivity contribution in [3.63, 3.8) is 0 Å². The van der Waals surface area contributed by atoms with E-state index in [2.05, 4.69) is 0 Å². The lowest BCUT2D eigenvalue weighted by Crippen LogP contribution is -1.99. The van der Waals surface area contributed by atoms with Crippen molar-refractivity contribution in [3.05, 3.63) is 32.4 Å². The van der Waals surface area contributed by atoms with Crippen molar-refractivity contribution < 1.29 is 9.85 Å². The number of hydrogen-bond acceptors (Lipinski definition) is 4. The van der Waals surface area contributed by atoms with Crippen LogP contribution in [-0.2, 0) is 0 Å². The zero-order valence-corrected chi connectivity index (χ0v) is 5.10. The molecule has 0 rings (SSSR count). The highest BCUT2D eigenvalue weighted by molar-refractivity contribution is 4.79. The van der Waals surface area contributed by atoms with Crippen LogP contribution in [0, 0.1) is 20.2 Å². The Hall–Kier alpha value is -1.46. The minimum Gasteiger partial charge on any atom is -0.264 e. The summed E-state index contributed by atoms with van der Waals surface area (Å²) >= 11 is 0. The third-order valence-electron chi connectivity index (χ3n) is 0.676. The average molecular weight is 146 g/mol. The van der Waals surface area contributed by atoms with Crippen molar-refractivity contribution in [2.24, 2.45) is 0 Å². The van der Waals surface area contributed by atoms with Gasteiger partial charge in [0.1, 0.15) is 0 Å². The average Bonchev–Trinajstić information content (AvgIpc) is 1.79. The van der Waals surface area contributed by atoms with Crippen LogP contribution in [0.1, 0.15) is 0 Å². The zero-order chi connectivity index (χ0) is 7.98. The van der Waals surface area contributed by atoms with Crippen LogP contribution in [0.3, 0.4) is 0 Å². The van der Waals surface area contributed by atoms with Crippen LogP contribution in [-0.4, -0.2) is 22.9 Å². The molecule has 0 spiro atoms. The lowest BCUT2D eigenvalue weighted by molar-refractivity contribution is -0.472. The van der Waals surface area contributed by atoms with Gasteiger partial charge in [0.05, 0.1) is 0 Å². The Morgan fingerprint density at radius 2 is 1.30 bits per heavy atom. The van der Waals surface area contributed by atoms with Crippen LogP contribution in [0.2, 0.25) is 0 Å². The zero-order valence-electron chi connectivity index (χ0n) is 5.10. The largest absolute Gasteiger partial charge is 0.264 e. The number of nitro groups is 2. The second-order valence-corrected chi connectivity index (χ2v) is 1.50. The SMILES string of the molecule is O=[N+]([O-])CC=CC[N+](=O)[O-]. The van der Waals surface area contributed by atoms with Crippen LogP contribution in [0.4, 0.5) is 0 Å². The molecule has 56 valence electrons. The predicted molar refractivity (Wildman–Crippen MR) is 32.9 cm³/mol. The molecule has 0 radical (unpaired) electrons. The van der Waals surface area contributed by atoms with Crippen molar-refractivity contribution in [2.45, 2.75) is 0 Å². The fourth-order valence-corrected chi connectivity index (χ4v) is 0.321. The highest BCUT2D eigenvalue weighted by Gasteiger charge is 1.90. The molecule has 10 heavy (non-hydrogen) atoms. The minimum absolute atomic E-state index is 0.353. The van der Waals surface area contributed by atoms with Gasteiger partial charge in [-0.05, 0) is 12.2 Å². The highest BCUT2D eigenvalue weighted by atomic mass is 16.6. The molecular formula is C4H6N2O4. The third kappa shape index (κ3) is 6.54. The Bertz CT molecular complexity index is 147. The van der Waals surface area contributed by atoms with E-state index in [0.29, 0.717) is 0 Å². The minimum atomic E-state index is -0.559. The monoisotopic (exact) mass is 146 g/mol. The van der Waals surface area contributed by atoms with Crippen LogP contribution in [0.15, 0.2) is 12.2 Å². The Balaban J connectivity index is 3.38. The first-order valence-corrected chi connectivity index (χ1v) is 2.51. The molecule has 0 aliphatic rings. The van der Waals surface area contributed by atoms with E-state index in [9.17, 15) is 20.2 Å². The third-order valence-corrected chi connectivity index (χ3v) is 0.676. The van der Waals surface area contributed by atoms with Gasteiger partial charge >= 0.3 is 0 Å². The molecule has 0 atom stereocenters. The maximum Gasteiger partial charge on any atom is 0.222 e. The molecule has 0 saturated heterocycles. The first kappa shape index (κ1) is 8.54. The summed E-state index contributed by atoms with van der Waals surface area (Å²) < 4.78 is 0. The maximum absolute atomic E-state index is 9.63. The summed E-state index contributed by atoms with van der Waals surface area (Å²) in [4.78, 5) is 18.1. The van der Waals surface area contributed by atoms with Crippen molar-refractivity contribution in [1.82, 2.24) is 0 Å². The number of nitrogens with zero attached hydrogens (tertiary/aromatic N) is 2. The van der Waals surface area contributed by atoms with Crippen molar-refractivity contribution in [3.8, 4) is 0 Å². The molecule has 0 heterocycles. The molecule has 0 aliphatic carbocycles. The number of rotatable bonds is 4. The molecule has 0 aliphatic heterocycles. The summed E-state index contributed by atoms with van der Waals surface area (Å²) in [6.07, 6.45) is 2.31. The van der Waals surface area contributed by atoms with Gasteiger partial charge < -0.3 is 0 Å². The van der Waals surface area contributed by atoms with Gasteiger partial charge in [-0.15, -0.1) is 0 Å². The summed E-state index contributed by atoms with van der Waals surface area (Å²) in [6, 6.07) is 0. The summed E-state index contributed by atoms with van der Waals surface area (Å²) in [5.41, 5.74) is 0. The summed E-state index contributed by atoms with van der Waals surface area (Å²) in [5, 5.41) is 19.3. The van der Waals surface area contributed by atoms with Crippen LogP contribution in [0.25, 0.3) is 0 Å². The molecule has 0 saturated carbocycles. The van der Waals surface area contributed by atoms with Crippen molar-refractivity contribution in [2.75, 3.05) is 13.1 Å². The molecule has 0 bridgehead atoms. The molecule has 0 N–H and O–H groups in total. The summed E-state index contributed by atoms with van der Waals surface area (Å²) in [7, 11) is 0. The van der Waals surface area contributed by atoms with E-state index in [1.165, 1.54) is 0 Å². The van der Waals surface area contributed by atoms with Gasteiger partial charge in [-0.3, -0.25) is 20.2 Å². The lowest BCUT2D eigenvalue weighted by Gasteiger charge is -1.82. The number of hydrogen-bond donors (Lipinski definition) is 0. The van der Waals surface area contributed by atoms with E-state index < -0.39 is 9.85 Å². The van der Waals surface area contributed by atoms with Gasteiger partial charge in [0.15, 0.2) is 0 Å². The Morgan fingerprint density at radius 1 is 1.00 bits per heavy atom. The highest BCUT2D eigenvalue weighted by Crippen LogP contribution is 1.75. The molecule has 0 amide bonds. The first-order valence-electron chi connectivity index (χ1n) is 2.51. The van der Waals surface area contributed by atoms with Crippen LogP contribution < -0.4 is 0 Å². The van der Waals surface area contributed by atoms with Gasteiger partial charge in [-0.25, -0.2) is 0 Å². The standard InChI is InChI=1S/C4H6N2O4/c7-5(8)3-1-2-4-6(9)10/h1-2H,3-4H2. The van der Waals surface area contributed by atoms with Gasteiger partial charge in [-0.1, -0.05) is 0 Å². The summed E-state index contributed by atoms with van der Waals surface area (Å²) in [6.45, 7) is -0.707. The molecule has 0 aromatic heterocycles. The smallest absolute Gasteiger partial charge is 0.222 e. The topological polar surface area (TPSA) is 86.3 Å². The van der Waals surface area contributed by atoms with E-state index in [1.807, 2.05) is 0 Å². The van der Waals surface area contributed by atoms with E-state index in [1.54, 1.807) is 0 Å². The molecule has 0 aromatic rings. The summed E-state index contributed by atoms with van der Waals surface area (Å²) in [5.74, 6) is 0. The van der Waals surface area contributed by atoms with Crippen LogP contribution in [0.5, 0.6) is 0 Å². The lowest BCUT2D eigenvalue weighted by atomic mass is 10.5.